The molecule has 2 rings (SSSR count). The van der Waals surface area contributed by atoms with E-state index in [0.29, 0.717) is 5.11 Å². The lowest BCUT2D eigenvalue weighted by molar-refractivity contribution is -0.121. The van der Waals surface area contributed by atoms with E-state index in [0.717, 1.165) is 37.6 Å². The van der Waals surface area contributed by atoms with Crippen LogP contribution in [0.5, 0.6) is 0 Å². The molecule has 2 aliphatic rings. The van der Waals surface area contributed by atoms with E-state index in [2.05, 4.69) is 41.6 Å². The molecule has 2 heterocycles. The minimum absolute atomic E-state index is 0.0545. The van der Waals surface area contributed by atoms with Gasteiger partial charge in [0.1, 0.15) is 12.2 Å². The summed E-state index contributed by atoms with van der Waals surface area (Å²) in [6, 6.07) is 0. The van der Waals surface area contributed by atoms with E-state index in [-0.39, 0.29) is 18.0 Å². The van der Waals surface area contributed by atoms with Crippen molar-refractivity contribution in [3.8, 4) is 0 Å². The molecule has 0 bridgehead atoms. The maximum atomic E-state index is 11.9. The van der Waals surface area contributed by atoms with Gasteiger partial charge in [0.2, 0.25) is 5.91 Å². The predicted molar refractivity (Wildman–Crippen MR) is 100 cm³/mol. The molecule has 0 saturated carbocycles. The van der Waals surface area contributed by atoms with E-state index >= 15 is 0 Å². The zero-order valence-corrected chi connectivity index (χ0v) is 16.0. The van der Waals surface area contributed by atoms with Crippen molar-refractivity contribution in [2.45, 2.75) is 51.7 Å². The summed E-state index contributed by atoms with van der Waals surface area (Å²) < 4.78 is 0. The zero-order valence-electron chi connectivity index (χ0n) is 14.4. The average Bonchev–Trinajstić information content (AvgIpc) is 2.80. The Morgan fingerprint density at radius 3 is 2.61 bits per heavy atom. The normalized spacial score (nSPS) is 27.1. The molecule has 1 unspecified atom stereocenters. The van der Waals surface area contributed by atoms with Crippen LogP contribution in [0.4, 0.5) is 0 Å². The number of rotatable bonds is 4. The molecule has 0 aliphatic carbocycles. The maximum Gasteiger partial charge on any atom is 0.245 e. The third-order valence-electron chi connectivity index (χ3n) is 4.76. The van der Waals surface area contributed by atoms with Crippen LogP contribution >= 0.6 is 24.4 Å². The lowest BCUT2D eigenvalue weighted by Gasteiger charge is -2.61. The number of thiocarbonyl (C=S) groups is 2. The van der Waals surface area contributed by atoms with E-state index in [1.807, 2.05) is 11.8 Å². The third-order valence-corrected chi connectivity index (χ3v) is 5.45. The number of hydrogen-bond donors (Lipinski definition) is 3. The lowest BCUT2D eigenvalue weighted by Crippen LogP contribution is -2.80. The molecule has 23 heavy (non-hydrogen) atoms. The van der Waals surface area contributed by atoms with Crippen LogP contribution in [0.25, 0.3) is 0 Å². The minimum atomic E-state index is -0.477. The summed E-state index contributed by atoms with van der Waals surface area (Å²) in [6.07, 6.45) is 1.82. The molecule has 0 radical (unpaired) electrons. The summed E-state index contributed by atoms with van der Waals surface area (Å²) in [7, 11) is 0. The quantitative estimate of drug-likeness (QED) is 0.643. The Labute approximate surface area is 149 Å². The summed E-state index contributed by atoms with van der Waals surface area (Å²) in [4.78, 5) is 16.2. The number of nitrogens with one attached hydrogen (secondary N) is 3. The van der Waals surface area contributed by atoms with E-state index < -0.39 is 5.66 Å². The zero-order chi connectivity index (χ0) is 17.3. The summed E-state index contributed by atoms with van der Waals surface area (Å²) in [5, 5.41) is 10.9. The largest absolute Gasteiger partial charge is 0.363 e. The van der Waals surface area contributed by atoms with Crippen molar-refractivity contribution >= 4 is 40.6 Å². The number of carbonyl (C=O) groups excluding carboxylic acids is 1. The van der Waals surface area contributed by atoms with Crippen molar-refractivity contribution in [3.05, 3.63) is 0 Å². The summed E-state index contributed by atoms with van der Waals surface area (Å²) in [5.41, 5.74) is -0.757. The topological polar surface area (TPSA) is 59.6 Å². The molecule has 0 spiro atoms. The lowest BCUT2D eigenvalue weighted by atomic mass is 9.79. The number of nitrogens with zero attached hydrogens (tertiary/aromatic N) is 2. The molecule has 2 aliphatic heterocycles. The highest BCUT2D eigenvalue weighted by Crippen LogP contribution is 2.40. The molecule has 130 valence electrons. The van der Waals surface area contributed by atoms with Gasteiger partial charge in [0.05, 0.1) is 5.54 Å². The third kappa shape index (κ3) is 3.04. The average molecular weight is 358 g/mol. The van der Waals surface area contributed by atoms with E-state index in [1.54, 1.807) is 0 Å². The molecule has 2 fully saturated rings. The van der Waals surface area contributed by atoms with Crippen molar-refractivity contribution in [2.24, 2.45) is 0 Å². The Balaban J connectivity index is 2.53. The van der Waals surface area contributed by atoms with Crippen molar-refractivity contribution in [1.29, 1.82) is 0 Å². The minimum Gasteiger partial charge on any atom is -0.363 e. The van der Waals surface area contributed by atoms with Gasteiger partial charge in [-0.1, -0.05) is 13.3 Å². The molecular weight excluding hydrogens is 330 g/mol. The van der Waals surface area contributed by atoms with E-state index in [1.165, 1.54) is 0 Å². The highest BCUT2D eigenvalue weighted by atomic mass is 32.1. The molecule has 3 N–H and O–H groups in total. The number of amides is 1. The van der Waals surface area contributed by atoms with Crippen LogP contribution in [0.1, 0.15) is 40.5 Å². The summed E-state index contributed by atoms with van der Waals surface area (Å²) in [5.74, 6) is -0.0545. The first-order chi connectivity index (χ1) is 10.8. The predicted octanol–water partition coefficient (Wildman–Crippen LogP) is 0.778. The van der Waals surface area contributed by atoms with Crippen molar-refractivity contribution < 1.29 is 4.79 Å². The van der Waals surface area contributed by atoms with Crippen LogP contribution in [-0.2, 0) is 4.79 Å². The fraction of sp³-hybridized carbons (Fsp3) is 0.800. The molecule has 6 nitrogen and oxygen atoms in total. The van der Waals surface area contributed by atoms with Gasteiger partial charge in [0.15, 0.2) is 10.2 Å². The van der Waals surface area contributed by atoms with Gasteiger partial charge in [-0.15, -0.1) is 0 Å². The maximum absolute atomic E-state index is 11.9. The molecule has 8 heteroatoms. The first-order valence-corrected chi connectivity index (χ1v) is 9.03. The highest BCUT2D eigenvalue weighted by molar-refractivity contribution is 7.80. The van der Waals surface area contributed by atoms with Gasteiger partial charge in [-0.25, -0.2) is 0 Å². The molecule has 1 amide bonds. The number of hydrogen-bond acceptors (Lipinski definition) is 4. The fourth-order valence-corrected chi connectivity index (χ4v) is 4.53. The second kappa shape index (κ2) is 6.86. The summed E-state index contributed by atoms with van der Waals surface area (Å²) in [6.45, 7) is 11.2. The second-order valence-electron chi connectivity index (χ2n) is 6.54. The van der Waals surface area contributed by atoms with Crippen molar-refractivity contribution in [2.75, 3.05) is 26.2 Å². The van der Waals surface area contributed by atoms with Crippen LogP contribution in [0, 0.1) is 0 Å². The number of carbonyl (C=O) groups is 1. The van der Waals surface area contributed by atoms with Crippen molar-refractivity contribution in [1.82, 2.24) is 25.8 Å². The van der Waals surface area contributed by atoms with Crippen LogP contribution in [0.3, 0.4) is 0 Å². The highest BCUT2D eigenvalue weighted by Gasteiger charge is 2.58. The molecule has 0 aromatic heterocycles. The Morgan fingerprint density at radius 1 is 1.39 bits per heavy atom. The number of piperazine rings is 1. The van der Waals surface area contributed by atoms with Gasteiger partial charge in [-0.05, 0) is 51.6 Å². The SMILES string of the molecule is CCCC1(N2CC(=O)NC2=S)N(C(=S)NCC)CCNC1(C)C. The Hall–Kier alpha value is -0.990. The van der Waals surface area contributed by atoms with Crippen LogP contribution < -0.4 is 16.0 Å². The Kier molecular flexibility index (Phi) is 5.48. The molecule has 0 aromatic carbocycles. The van der Waals surface area contributed by atoms with Gasteiger partial charge in [0, 0.05) is 19.6 Å². The first kappa shape index (κ1) is 18.4. The molecule has 2 saturated heterocycles. The van der Waals surface area contributed by atoms with Gasteiger partial charge >= 0.3 is 0 Å². The molecule has 1 atom stereocenters. The Bertz CT molecular complexity index is 510. The van der Waals surface area contributed by atoms with Crippen LogP contribution in [-0.4, -0.2) is 63.3 Å². The molecular formula is C15H27N5OS2. The smallest absolute Gasteiger partial charge is 0.245 e. The van der Waals surface area contributed by atoms with Gasteiger partial charge < -0.3 is 25.8 Å². The standard InChI is InChI=1S/C15H27N5OS2/c1-5-7-15(20-10-11(21)18-13(20)23)14(3,4)17-8-9-19(15)12(22)16-6-2/h17H,5-10H2,1-4H3,(H,16,22)(H,18,21,23). The second-order valence-corrected chi connectivity index (χ2v) is 7.32. The molecule has 0 aromatic rings. The van der Waals surface area contributed by atoms with Gasteiger partial charge in [-0.2, -0.15) is 0 Å². The van der Waals surface area contributed by atoms with Gasteiger partial charge in [0.25, 0.3) is 0 Å². The fourth-order valence-electron chi connectivity index (χ4n) is 3.81. The van der Waals surface area contributed by atoms with Crippen molar-refractivity contribution in [3.63, 3.8) is 0 Å². The first-order valence-electron chi connectivity index (χ1n) is 8.22. The Morgan fingerprint density at radius 2 is 2.09 bits per heavy atom. The van der Waals surface area contributed by atoms with Gasteiger partial charge in [-0.3, -0.25) is 4.79 Å². The van der Waals surface area contributed by atoms with E-state index in [4.69, 9.17) is 24.4 Å². The van der Waals surface area contributed by atoms with Crippen LogP contribution in [0.2, 0.25) is 0 Å². The monoisotopic (exact) mass is 357 g/mol. The van der Waals surface area contributed by atoms with Crippen LogP contribution in [0.15, 0.2) is 0 Å². The van der Waals surface area contributed by atoms with E-state index in [9.17, 15) is 4.79 Å². The summed E-state index contributed by atoms with van der Waals surface area (Å²) >= 11 is 11.1.